The maximum absolute atomic E-state index is 12.0. The van der Waals surface area contributed by atoms with Crippen molar-refractivity contribution < 1.29 is 24.5 Å². The summed E-state index contributed by atoms with van der Waals surface area (Å²) >= 11 is 0. The van der Waals surface area contributed by atoms with Crippen molar-refractivity contribution in [1.82, 2.24) is 0 Å². The molecule has 31 heavy (non-hydrogen) atoms. The molecular weight excluding hydrogens is 392 g/mol. The molecule has 0 aromatic carbocycles. The molecule has 2 N–H and O–H groups in total. The Morgan fingerprint density at radius 2 is 1.61 bits per heavy atom. The van der Waals surface area contributed by atoms with Gasteiger partial charge in [0.25, 0.3) is 0 Å². The van der Waals surface area contributed by atoms with E-state index in [1.54, 1.807) is 0 Å². The van der Waals surface area contributed by atoms with E-state index in [0.717, 1.165) is 36.2 Å². The van der Waals surface area contributed by atoms with Crippen molar-refractivity contribution in [3.63, 3.8) is 0 Å². The van der Waals surface area contributed by atoms with Gasteiger partial charge in [0.1, 0.15) is 18.8 Å². The first kappa shape index (κ1) is 28.1. The van der Waals surface area contributed by atoms with Crippen LogP contribution in [-0.4, -0.2) is 47.7 Å². The number of hydrogen-bond donors (Lipinski definition) is 2. The highest BCUT2D eigenvalue weighted by Crippen LogP contribution is 2.22. The van der Waals surface area contributed by atoms with Gasteiger partial charge in [-0.25, -0.2) is 4.79 Å². The highest BCUT2D eigenvalue weighted by molar-refractivity contribution is 5.82. The SMILES string of the molecule is C/C(=C\C(=O)OC[C@@H](O)C1OCC[C@H]1O)CCCC(C)CCCC(C)CCCC(C)C. The monoisotopic (exact) mass is 440 g/mol. The molecule has 1 aliphatic rings. The first-order valence-electron chi connectivity index (χ1n) is 12.5. The predicted octanol–water partition coefficient (Wildman–Crippen LogP) is 5.43. The van der Waals surface area contributed by atoms with Gasteiger partial charge in [-0.15, -0.1) is 0 Å². The Morgan fingerprint density at radius 3 is 2.16 bits per heavy atom. The maximum atomic E-state index is 12.0. The van der Waals surface area contributed by atoms with Crippen molar-refractivity contribution >= 4 is 5.97 Å². The number of ether oxygens (including phenoxy) is 2. The molecule has 182 valence electrons. The van der Waals surface area contributed by atoms with Crippen LogP contribution in [0.15, 0.2) is 11.6 Å². The minimum absolute atomic E-state index is 0.155. The van der Waals surface area contributed by atoms with Gasteiger partial charge in [0, 0.05) is 12.7 Å². The van der Waals surface area contributed by atoms with Crippen LogP contribution in [-0.2, 0) is 14.3 Å². The van der Waals surface area contributed by atoms with E-state index in [-0.39, 0.29) is 6.61 Å². The van der Waals surface area contributed by atoms with Crippen LogP contribution >= 0.6 is 0 Å². The van der Waals surface area contributed by atoms with Crippen LogP contribution in [0.5, 0.6) is 0 Å². The molecule has 0 saturated carbocycles. The summed E-state index contributed by atoms with van der Waals surface area (Å²) in [6.45, 7) is 11.5. The fourth-order valence-electron chi connectivity index (χ4n) is 4.25. The second-order valence-corrected chi connectivity index (χ2v) is 10.2. The summed E-state index contributed by atoms with van der Waals surface area (Å²) < 4.78 is 10.4. The molecule has 1 aliphatic heterocycles. The van der Waals surface area contributed by atoms with Crippen LogP contribution in [0.4, 0.5) is 0 Å². The smallest absolute Gasteiger partial charge is 0.330 e. The number of carbonyl (C=O) groups excluding carboxylic acids is 1. The van der Waals surface area contributed by atoms with Crippen LogP contribution in [0.1, 0.15) is 98.8 Å². The Morgan fingerprint density at radius 1 is 1.03 bits per heavy atom. The fourth-order valence-corrected chi connectivity index (χ4v) is 4.25. The van der Waals surface area contributed by atoms with Crippen molar-refractivity contribution in [2.75, 3.05) is 13.2 Å². The number of aliphatic hydroxyl groups is 2. The molecule has 1 heterocycles. The van der Waals surface area contributed by atoms with Gasteiger partial charge in [-0.3, -0.25) is 0 Å². The molecule has 0 spiro atoms. The lowest BCUT2D eigenvalue weighted by Gasteiger charge is -2.19. The highest BCUT2D eigenvalue weighted by atomic mass is 16.6. The predicted molar refractivity (Wildman–Crippen MR) is 126 cm³/mol. The molecule has 5 nitrogen and oxygen atoms in total. The fraction of sp³-hybridized carbons (Fsp3) is 0.885. The zero-order valence-corrected chi connectivity index (χ0v) is 20.6. The molecule has 0 aliphatic carbocycles. The molecule has 5 atom stereocenters. The van der Waals surface area contributed by atoms with E-state index in [9.17, 15) is 15.0 Å². The summed E-state index contributed by atoms with van der Waals surface area (Å²) in [5, 5.41) is 19.7. The Balaban J connectivity index is 2.11. The summed E-state index contributed by atoms with van der Waals surface area (Å²) in [7, 11) is 0. The minimum atomic E-state index is -0.992. The van der Waals surface area contributed by atoms with E-state index in [2.05, 4.69) is 27.7 Å². The Hall–Kier alpha value is -0.910. The highest BCUT2D eigenvalue weighted by Gasteiger charge is 2.33. The Bertz CT molecular complexity index is 516. The Kier molecular flexibility index (Phi) is 14.4. The molecular formula is C26H48O5. The van der Waals surface area contributed by atoms with Gasteiger partial charge < -0.3 is 19.7 Å². The molecule has 0 radical (unpaired) electrons. The van der Waals surface area contributed by atoms with Gasteiger partial charge in [0.15, 0.2) is 0 Å². The Labute approximate surface area is 190 Å². The van der Waals surface area contributed by atoms with Gasteiger partial charge in [-0.1, -0.05) is 78.2 Å². The van der Waals surface area contributed by atoms with Crippen molar-refractivity contribution in [3.05, 3.63) is 11.6 Å². The number of carbonyl (C=O) groups is 1. The summed E-state index contributed by atoms with van der Waals surface area (Å²) in [4.78, 5) is 12.0. The third-order valence-electron chi connectivity index (χ3n) is 6.38. The molecule has 0 amide bonds. The van der Waals surface area contributed by atoms with Crippen molar-refractivity contribution in [1.29, 1.82) is 0 Å². The van der Waals surface area contributed by atoms with E-state index in [1.165, 1.54) is 51.0 Å². The molecule has 1 rings (SSSR count). The van der Waals surface area contributed by atoms with Crippen LogP contribution in [0.3, 0.4) is 0 Å². The topological polar surface area (TPSA) is 76.0 Å². The van der Waals surface area contributed by atoms with Gasteiger partial charge in [0.05, 0.1) is 6.10 Å². The van der Waals surface area contributed by atoms with E-state index in [4.69, 9.17) is 9.47 Å². The second-order valence-electron chi connectivity index (χ2n) is 10.2. The van der Waals surface area contributed by atoms with Crippen LogP contribution in [0.25, 0.3) is 0 Å². The lowest BCUT2D eigenvalue weighted by Crippen LogP contribution is -2.38. The third kappa shape index (κ3) is 13.3. The van der Waals surface area contributed by atoms with Crippen molar-refractivity contribution in [3.8, 4) is 0 Å². The van der Waals surface area contributed by atoms with Crippen LogP contribution in [0.2, 0.25) is 0 Å². The molecule has 0 aromatic rings. The normalized spacial score (nSPS) is 22.5. The minimum Gasteiger partial charge on any atom is -0.460 e. The number of esters is 1. The first-order valence-corrected chi connectivity index (χ1v) is 12.5. The van der Waals surface area contributed by atoms with E-state index in [0.29, 0.717) is 13.0 Å². The summed E-state index contributed by atoms with van der Waals surface area (Å²) in [6.07, 6.45) is 10.8. The lowest BCUT2D eigenvalue weighted by atomic mass is 9.91. The number of rotatable bonds is 16. The van der Waals surface area contributed by atoms with E-state index in [1.807, 2.05) is 6.92 Å². The largest absolute Gasteiger partial charge is 0.460 e. The van der Waals surface area contributed by atoms with Crippen LogP contribution in [0, 0.1) is 17.8 Å². The molecule has 1 saturated heterocycles. The standard InChI is InChI=1S/C26H48O5/c1-19(2)9-6-10-20(3)11-7-12-21(4)13-8-14-22(5)17-25(29)31-18-24(28)26-23(27)15-16-30-26/h17,19-21,23-24,26-28H,6-16,18H2,1-5H3/b22-17+/t20?,21?,23-,24-,26?/m1/s1. The number of allylic oxidation sites excluding steroid dienone is 1. The summed E-state index contributed by atoms with van der Waals surface area (Å²) in [6, 6.07) is 0. The van der Waals surface area contributed by atoms with Crippen molar-refractivity contribution in [2.24, 2.45) is 17.8 Å². The maximum Gasteiger partial charge on any atom is 0.330 e. The zero-order chi connectivity index (χ0) is 23.2. The lowest BCUT2D eigenvalue weighted by molar-refractivity contribution is -0.145. The van der Waals surface area contributed by atoms with E-state index < -0.39 is 24.3 Å². The first-order chi connectivity index (χ1) is 14.7. The average molecular weight is 441 g/mol. The van der Waals surface area contributed by atoms with Crippen LogP contribution < -0.4 is 0 Å². The quantitative estimate of drug-likeness (QED) is 0.247. The number of hydrogen-bond acceptors (Lipinski definition) is 5. The average Bonchev–Trinajstić information content (AvgIpc) is 3.11. The van der Waals surface area contributed by atoms with Gasteiger partial charge in [0.2, 0.25) is 0 Å². The number of aliphatic hydroxyl groups excluding tert-OH is 2. The van der Waals surface area contributed by atoms with Gasteiger partial charge >= 0.3 is 5.97 Å². The molecule has 5 heteroatoms. The van der Waals surface area contributed by atoms with Gasteiger partial charge in [-0.2, -0.15) is 0 Å². The third-order valence-corrected chi connectivity index (χ3v) is 6.38. The summed E-state index contributed by atoms with van der Waals surface area (Å²) in [5.74, 6) is 1.93. The molecule has 0 bridgehead atoms. The van der Waals surface area contributed by atoms with Gasteiger partial charge in [-0.05, 0) is 43.9 Å². The second kappa shape index (κ2) is 15.8. The summed E-state index contributed by atoms with van der Waals surface area (Å²) in [5.41, 5.74) is 1.00. The van der Waals surface area contributed by atoms with E-state index >= 15 is 0 Å². The van der Waals surface area contributed by atoms with Crippen molar-refractivity contribution in [2.45, 2.75) is 117 Å². The zero-order valence-electron chi connectivity index (χ0n) is 20.6. The molecule has 0 aromatic heterocycles. The molecule has 3 unspecified atom stereocenters. The molecule has 1 fully saturated rings.